The predicted octanol–water partition coefficient (Wildman–Crippen LogP) is 4.09. The molecule has 5 aromatic heterocycles. The summed E-state index contributed by atoms with van der Waals surface area (Å²) in [6.07, 6.45) is 14.7. The van der Waals surface area contributed by atoms with Gasteiger partial charge in [0.1, 0.15) is 0 Å². The molecule has 5 aromatic rings. The van der Waals surface area contributed by atoms with E-state index in [2.05, 4.69) is 56.6 Å². The maximum absolute atomic E-state index is 13.9. The first-order valence-electron chi connectivity index (χ1n) is 11.7. The molecule has 0 saturated carbocycles. The van der Waals surface area contributed by atoms with Crippen molar-refractivity contribution in [1.29, 1.82) is 0 Å². The van der Waals surface area contributed by atoms with Crippen LogP contribution in [0.3, 0.4) is 0 Å². The topological polar surface area (TPSA) is 145 Å². The Bertz CT molecular complexity index is 1630. The Labute approximate surface area is 223 Å². The van der Waals surface area contributed by atoms with E-state index < -0.39 is 5.78 Å². The minimum atomic E-state index is -0.594. The molecule has 0 unspecified atom stereocenters. The molecule has 0 N–H and O–H groups in total. The van der Waals surface area contributed by atoms with Crippen molar-refractivity contribution >= 4 is 18.1 Å². The average Bonchev–Trinajstić information content (AvgIpc) is 3.02. The van der Waals surface area contributed by atoms with Crippen LogP contribution in [0.15, 0.2) is 96.9 Å². The minimum absolute atomic E-state index is 0.119. The molecule has 0 radical (unpaired) electrons. The number of carbonyl (C=O) groups excluding carboxylic acids is 1. The fourth-order valence-electron chi connectivity index (χ4n) is 3.51. The smallest absolute Gasteiger partial charge is 0.267 e. The number of hydrogen-bond donors (Lipinski definition) is 0. The molecule has 188 valence electrons. The first-order valence-corrected chi connectivity index (χ1v) is 11.7. The molecule has 0 aliphatic rings. The van der Waals surface area contributed by atoms with Crippen LogP contribution < -0.4 is 0 Å². The zero-order valence-electron chi connectivity index (χ0n) is 20.7. The van der Waals surface area contributed by atoms with Crippen molar-refractivity contribution in [2.75, 3.05) is 0 Å². The zero-order valence-corrected chi connectivity index (χ0v) is 20.7. The van der Waals surface area contributed by atoms with E-state index in [0.717, 1.165) is 0 Å². The van der Waals surface area contributed by atoms with Gasteiger partial charge in [0.05, 0.1) is 0 Å². The lowest BCUT2D eigenvalue weighted by Gasteiger charge is -2.09. The molecule has 0 aliphatic carbocycles. The Balaban J connectivity index is 1.68. The van der Waals surface area contributed by atoms with Crippen LogP contribution in [0.25, 0.3) is 39.7 Å². The number of nitrogens with zero attached hydrogens (tertiary/aromatic N) is 10. The van der Waals surface area contributed by atoms with Gasteiger partial charge in [-0.1, -0.05) is 6.08 Å². The van der Waals surface area contributed by atoms with Crippen molar-refractivity contribution in [2.45, 2.75) is 6.92 Å². The molecule has 0 fully saturated rings. The van der Waals surface area contributed by atoms with Gasteiger partial charge in [-0.15, -0.1) is 0 Å². The number of aromatic nitrogens is 9. The SMILES string of the molecule is C=N/C=C\C(=C/C)c1nc(C(=O)c2nc(-c3ccncc3)nc(-c3ccncc3)n2)nc(-c2ccncc2)n1. The summed E-state index contributed by atoms with van der Waals surface area (Å²) in [5.41, 5.74) is 2.63. The third-order valence-electron chi connectivity index (χ3n) is 5.42. The summed E-state index contributed by atoms with van der Waals surface area (Å²) in [5.74, 6) is 0.345. The summed E-state index contributed by atoms with van der Waals surface area (Å²) >= 11 is 0. The number of ketones is 1. The van der Waals surface area contributed by atoms with Gasteiger partial charge in [-0.2, -0.15) is 0 Å². The number of pyridine rings is 3. The Morgan fingerprint density at radius 1 is 0.641 bits per heavy atom. The molecule has 0 amide bonds. The highest BCUT2D eigenvalue weighted by Gasteiger charge is 2.22. The largest absolute Gasteiger partial charge is 0.281 e. The minimum Gasteiger partial charge on any atom is -0.281 e. The van der Waals surface area contributed by atoms with Crippen LogP contribution >= 0.6 is 0 Å². The van der Waals surface area contributed by atoms with Crippen LogP contribution in [-0.4, -0.2) is 57.4 Å². The van der Waals surface area contributed by atoms with Gasteiger partial charge in [0.15, 0.2) is 23.3 Å². The van der Waals surface area contributed by atoms with Gasteiger partial charge in [-0.25, -0.2) is 29.9 Å². The fourth-order valence-corrected chi connectivity index (χ4v) is 3.51. The molecular formula is C28H20N10O. The number of carbonyl (C=O) groups is 1. The van der Waals surface area contributed by atoms with Gasteiger partial charge >= 0.3 is 0 Å². The number of aliphatic imine (C=N–C) groups is 1. The van der Waals surface area contributed by atoms with E-state index in [1.807, 2.05) is 6.92 Å². The van der Waals surface area contributed by atoms with Crippen LogP contribution in [0.4, 0.5) is 0 Å². The number of hydrogen-bond acceptors (Lipinski definition) is 11. The molecule has 0 atom stereocenters. The van der Waals surface area contributed by atoms with E-state index in [1.54, 1.807) is 85.7 Å². The van der Waals surface area contributed by atoms with Crippen molar-refractivity contribution in [3.63, 3.8) is 0 Å². The normalized spacial score (nSPS) is 11.5. The first kappa shape index (κ1) is 25.0. The van der Waals surface area contributed by atoms with Crippen LogP contribution in [0.5, 0.6) is 0 Å². The van der Waals surface area contributed by atoms with Crippen LogP contribution in [0, 0.1) is 0 Å². The second-order valence-electron chi connectivity index (χ2n) is 7.89. The van der Waals surface area contributed by atoms with E-state index in [1.165, 1.54) is 6.20 Å². The maximum Gasteiger partial charge on any atom is 0.267 e. The van der Waals surface area contributed by atoms with Gasteiger partial charge in [0.2, 0.25) is 11.6 Å². The van der Waals surface area contributed by atoms with Crippen molar-refractivity contribution < 1.29 is 4.79 Å². The number of allylic oxidation sites excluding steroid dienone is 3. The monoisotopic (exact) mass is 512 g/mol. The van der Waals surface area contributed by atoms with E-state index in [4.69, 9.17) is 0 Å². The average molecular weight is 513 g/mol. The Morgan fingerprint density at radius 3 is 1.49 bits per heavy atom. The summed E-state index contributed by atoms with van der Waals surface area (Å²) < 4.78 is 0. The third kappa shape index (κ3) is 5.67. The van der Waals surface area contributed by atoms with E-state index in [9.17, 15) is 4.79 Å². The Kier molecular flexibility index (Phi) is 7.40. The molecule has 5 heterocycles. The zero-order chi connectivity index (χ0) is 27.0. The highest BCUT2D eigenvalue weighted by molar-refractivity contribution is 6.04. The van der Waals surface area contributed by atoms with Gasteiger partial charge in [0, 0.05) is 65.6 Å². The van der Waals surface area contributed by atoms with Crippen molar-refractivity contribution in [3.05, 3.63) is 109 Å². The second kappa shape index (κ2) is 11.6. The molecule has 0 bridgehead atoms. The summed E-state index contributed by atoms with van der Waals surface area (Å²) in [7, 11) is 0. The first-order chi connectivity index (χ1) is 19.2. The van der Waals surface area contributed by atoms with Crippen molar-refractivity contribution in [1.82, 2.24) is 44.9 Å². The summed E-state index contributed by atoms with van der Waals surface area (Å²) in [6, 6.07) is 10.5. The molecule has 39 heavy (non-hydrogen) atoms. The van der Waals surface area contributed by atoms with Crippen LogP contribution in [0.1, 0.15) is 29.2 Å². The lowest BCUT2D eigenvalue weighted by Crippen LogP contribution is -2.16. The summed E-state index contributed by atoms with van der Waals surface area (Å²) in [5, 5.41) is 0. The van der Waals surface area contributed by atoms with Crippen molar-refractivity contribution in [2.24, 2.45) is 4.99 Å². The lowest BCUT2D eigenvalue weighted by atomic mass is 10.2. The van der Waals surface area contributed by atoms with E-state index in [0.29, 0.717) is 39.7 Å². The summed E-state index contributed by atoms with van der Waals surface area (Å²) in [4.78, 5) is 56.8. The van der Waals surface area contributed by atoms with Gasteiger partial charge < -0.3 is 0 Å². The molecule has 0 aliphatic heterocycles. The molecule has 11 nitrogen and oxygen atoms in total. The highest BCUT2D eigenvalue weighted by atomic mass is 16.1. The lowest BCUT2D eigenvalue weighted by molar-refractivity contribution is 0.101. The van der Waals surface area contributed by atoms with Gasteiger partial charge in [0.25, 0.3) is 5.78 Å². The molecule has 0 spiro atoms. The van der Waals surface area contributed by atoms with Crippen molar-refractivity contribution in [3.8, 4) is 34.2 Å². The van der Waals surface area contributed by atoms with E-state index >= 15 is 0 Å². The molecule has 5 rings (SSSR count). The van der Waals surface area contributed by atoms with Crippen LogP contribution in [-0.2, 0) is 0 Å². The third-order valence-corrected chi connectivity index (χ3v) is 5.42. The summed E-state index contributed by atoms with van der Waals surface area (Å²) in [6.45, 7) is 5.30. The quantitative estimate of drug-likeness (QED) is 0.169. The van der Waals surface area contributed by atoms with Gasteiger partial charge in [-0.3, -0.25) is 24.7 Å². The second-order valence-corrected chi connectivity index (χ2v) is 7.89. The standard InChI is InChI=1S/C28H20N10O/c1-3-18(4-11-29-2)23-33-24(19-5-12-30-13-6-19)36-27(35-23)22(39)28-37-25(20-7-14-31-15-8-20)34-26(38-28)21-9-16-32-17-10-21/h3-17H,2H2,1H3/b11-4-,18-3+. The molecule has 0 saturated heterocycles. The Morgan fingerprint density at radius 2 is 1.05 bits per heavy atom. The Hall–Kier alpha value is -5.71. The molecular weight excluding hydrogens is 492 g/mol. The maximum atomic E-state index is 13.9. The molecule has 11 heteroatoms. The predicted molar refractivity (Wildman–Crippen MR) is 145 cm³/mol. The highest BCUT2D eigenvalue weighted by Crippen LogP contribution is 2.22. The van der Waals surface area contributed by atoms with Gasteiger partial charge in [-0.05, 0) is 56.1 Å². The van der Waals surface area contributed by atoms with E-state index in [-0.39, 0.29) is 17.5 Å². The van der Waals surface area contributed by atoms with Crippen LogP contribution in [0.2, 0.25) is 0 Å². The molecule has 0 aromatic carbocycles. The number of rotatable bonds is 8. The fraction of sp³-hybridized carbons (Fsp3) is 0.0357.